The number of carbonyl (C=O) groups excluding carboxylic acids is 3. The molecular formula is C24H27N3O3. The quantitative estimate of drug-likeness (QED) is 0.580. The summed E-state index contributed by atoms with van der Waals surface area (Å²) < 4.78 is 0. The zero-order valence-electron chi connectivity index (χ0n) is 17.3. The van der Waals surface area contributed by atoms with Gasteiger partial charge < -0.3 is 14.7 Å². The summed E-state index contributed by atoms with van der Waals surface area (Å²) >= 11 is 0. The Morgan fingerprint density at radius 2 is 1.47 bits per heavy atom. The average Bonchev–Trinajstić information content (AvgIpc) is 3.33. The fourth-order valence-electron chi connectivity index (χ4n) is 4.26. The minimum absolute atomic E-state index is 0.0432. The van der Waals surface area contributed by atoms with Gasteiger partial charge in [-0.2, -0.15) is 0 Å². The third kappa shape index (κ3) is 4.08. The predicted molar refractivity (Wildman–Crippen MR) is 116 cm³/mol. The van der Waals surface area contributed by atoms with Crippen molar-refractivity contribution < 1.29 is 14.4 Å². The minimum Gasteiger partial charge on any atom is -0.372 e. The highest BCUT2D eigenvalue weighted by molar-refractivity contribution is 6.42. The molecular weight excluding hydrogens is 378 g/mol. The van der Waals surface area contributed by atoms with Crippen molar-refractivity contribution in [3.8, 4) is 0 Å². The maximum absolute atomic E-state index is 12.9. The van der Waals surface area contributed by atoms with Gasteiger partial charge in [-0.15, -0.1) is 0 Å². The number of amides is 2. The van der Waals surface area contributed by atoms with Crippen LogP contribution >= 0.6 is 0 Å². The van der Waals surface area contributed by atoms with E-state index in [1.54, 1.807) is 34.1 Å². The fraction of sp³-hybridized carbons (Fsp3) is 0.375. The van der Waals surface area contributed by atoms with Crippen LogP contribution in [0.4, 0.5) is 5.69 Å². The van der Waals surface area contributed by atoms with Gasteiger partial charge in [0.15, 0.2) is 0 Å². The molecule has 2 saturated heterocycles. The van der Waals surface area contributed by atoms with Crippen molar-refractivity contribution >= 4 is 23.3 Å². The molecule has 0 N–H and O–H groups in total. The van der Waals surface area contributed by atoms with Crippen LogP contribution in [0.3, 0.4) is 0 Å². The molecule has 1 atom stereocenters. The van der Waals surface area contributed by atoms with Gasteiger partial charge in [0.2, 0.25) is 5.78 Å². The first kappa shape index (κ1) is 20.1. The lowest BCUT2D eigenvalue weighted by molar-refractivity contribution is -0.130. The summed E-state index contributed by atoms with van der Waals surface area (Å²) in [5, 5.41) is 0. The van der Waals surface area contributed by atoms with E-state index in [-0.39, 0.29) is 11.9 Å². The first-order valence-electron chi connectivity index (χ1n) is 10.6. The Labute approximate surface area is 177 Å². The molecule has 4 rings (SSSR count). The summed E-state index contributed by atoms with van der Waals surface area (Å²) in [7, 11) is 0. The molecule has 2 heterocycles. The van der Waals surface area contributed by atoms with Crippen LogP contribution < -0.4 is 4.90 Å². The van der Waals surface area contributed by atoms with Crippen LogP contribution in [0, 0.1) is 0 Å². The van der Waals surface area contributed by atoms with Crippen LogP contribution in [0.2, 0.25) is 0 Å². The van der Waals surface area contributed by atoms with Crippen LogP contribution in [-0.4, -0.2) is 66.2 Å². The van der Waals surface area contributed by atoms with Gasteiger partial charge in [0, 0.05) is 55.6 Å². The Kier molecular flexibility index (Phi) is 5.84. The van der Waals surface area contributed by atoms with E-state index < -0.39 is 11.7 Å². The van der Waals surface area contributed by atoms with Gasteiger partial charge in [0.05, 0.1) is 0 Å². The molecule has 2 aromatic carbocycles. The van der Waals surface area contributed by atoms with E-state index in [1.165, 1.54) is 12.8 Å². The number of Topliss-reactive ketones (excluding diaryl/α,β-unsaturated/α-hetero) is 1. The number of rotatable bonds is 4. The Balaban J connectivity index is 1.39. The number of ketones is 1. The summed E-state index contributed by atoms with van der Waals surface area (Å²) in [4.78, 5) is 43.9. The average molecular weight is 405 g/mol. The molecule has 0 radical (unpaired) electrons. The molecule has 2 aliphatic heterocycles. The summed E-state index contributed by atoms with van der Waals surface area (Å²) in [6.07, 6.45) is 2.38. The van der Waals surface area contributed by atoms with Gasteiger partial charge in [-0.3, -0.25) is 14.4 Å². The topological polar surface area (TPSA) is 60.9 Å². The highest BCUT2D eigenvalue weighted by Crippen LogP contribution is 2.21. The molecule has 2 aliphatic rings. The second-order valence-corrected chi connectivity index (χ2v) is 8.03. The molecule has 2 amide bonds. The van der Waals surface area contributed by atoms with Gasteiger partial charge in [0.25, 0.3) is 11.8 Å². The third-order valence-corrected chi connectivity index (χ3v) is 5.99. The predicted octanol–water partition coefficient (Wildman–Crippen LogP) is 2.84. The van der Waals surface area contributed by atoms with E-state index >= 15 is 0 Å². The van der Waals surface area contributed by atoms with Gasteiger partial charge in [0.1, 0.15) is 0 Å². The van der Waals surface area contributed by atoms with Gasteiger partial charge in [-0.1, -0.05) is 18.2 Å². The molecule has 2 fully saturated rings. The Morgan fingerprint density at radius 3 is 2.10 bits per heavy atom. The largest absolute Gasteiger partial charge is 0.372 e. The van der Waals surface area contributed by atoms with Gasteiger partial charge >= 0.3 is 0 Å². The van der Waals surface area contributed by atoms with E-state index in [0.717, 1.165) is 18.8 Å². The number of carbonyl (C=O) groups is 3. The van der Waals surface area contributed by atoms with E-state index in [9.17, 15) is 14.4 Å². The highest BCUT2D eigenvalue weighted by Gasteiger charge is 2.33. The number of hydrogen-bond acceptors (Lipinski definition) is 4. The van der Waals surface area contributed by atoms with E-state index in [4.69, 9.17) is 0 Å². The Hall–Kier alpha value is -3.15. The molecule has 156 valence electrons. The van der Waals surface area contributed by atoms with Crippen LogP contribution in [0.15, 0.2) is 54.6 Å². The summed E-state index contributed by atoms with van der Waals surface area (Å²) in [5.74, 6) is -1.03. The molecule has 6 nitrogen and oxygen atoms in total. The lowest BCUT2D eigenvalue weighted by atomic mass is 10.1. The molecule has 6 heteroatoms. The van der Waals surface area contributed by atoms with E-state index in [2.05, 4.69) is 4.90 Å². The molecule has 0 bridgehead atoms. The second kappa shape index (κ2) is 8.69. The normalized spacial score (nSPS) is 19.1. The molecule has 0 unspecified atom stereocenters. The van der Waals surface area contributed by atoms with Crippen molar-refractivity contribution in [2.45, 2.75) is 25.8 Å². The molecule has 0 saturated carbocycles. The standard InChI is InChI=1S/C24H27N3O3/c1-18-17-26(23(29)20-7-3-2-4-8-20)15-16-27(18)24(30)22(28)19-9-11-21(12-10-19)25-13-5-6-14-25/h2-4,7-12,18H,5-6,13-17H2,1H3/t18-/m1/s1. The third-order valence-electron chi connectivity index (χ3n) is 5.99. The van der Waals surface area contributed by atoms with Crippen molar-refractivity contribution in [3.63, 3.8) is 0 Å². The SMILES string of the molecule is C[C@@H]1CN(C(=O)c2ccccc2)CCN1C(=O)C(=O)c1ccc(N2CCCC2)cc1. The van der Waals surface area contributed by atoms with Crippen molar-refractivity contribution in [1.82, 2.24) is 9.80 Å². The van der Waals surface area contributed by atoms with Crippen molar-refractivity contribution in [2.24, 2.45) is 0 Å². The molecule has 0 aliphatic carbocycles. The lowest BCUT2D eigenvalue weighted by Gasteiger charge is -2.39. The van der Waals surface area contributed by atoms with Crippen molar-refractivity contribution in [1.29, 1.82) is 0 Å². The summed E-state index contributed by atoms with van der Waals surface area (Å²) in [6, 6.07) is 16.2. The first-order valence-corrected chi connectivity index (χ1v) is 10.6. The molecule has 0 aromatic heterocycles. The van der Waals surface area contributed by atoms with E-state index in [0.29, 0.717) is 30.8 Å². The van der Waals surface area contributed by atoms with E-state index in [1.807, 2.05) is 37.3 Å². The maximum atomic E-state index is 12.9. The van der Waals surface area contributed by atoms with Crippen LogP contribution in [0.1, 0.15) is 40.5 Å². The Morgan fingerprint density at radius 1 is 0.800 bits per heavy atom. The van der Waals surface area contributed by atoms with Crippen molar-refractivity contribution in [3.05, 3.63) is 65.7 Å². The second-order valence-electron chi connectivity index (χ2n) is 8.03. The minimum atomic E-state index is -0.497. The van der Waals surface area contributed by atoms with Crippen molar-refractivity contribution in [2.75, 3.05) is 37.6 Å². The number of piperazine rings is 1. The van der Waals surface area contributed by atoms with Crippen LogP contribution in [-0.2, 0) is 4.79 Å². The number of anilines is 1. The summed E-state index contributed by atoms with van der Waals surface area (Å²) in [5.41, 5.74) is 2.15. The zero-order chi connectivity index (χ0) is 21.1. The lowest BCUT2D eigenvalue weighted by Crippen LogP contribution is -2.56. The monoisotopic (exact) mass is 405 g/mol. The first-order chi connectivity index (χ1) is 14.5. The van der Waals surface area contributed by atoms with Gasteiger partial charge in [-0.05, 0) is 56.2 Å². The number of nitrogens with zero attached hydrogens (tertiary/aromatic N) is 3. The molecule has 2 aromatic rings. The Bertz CT molecular complexity index is 920. The smallest absolute Gasteiger partial charge is 0.295 e. The molecule has 30 heavy (non-hydrogen) atoms. The number of hydrogen-bond donors (Lipinski definition) is 0. The van der Waals surface area contributed by atoms with Crippen LogP contribution in [0.5, 0.6) is 0 Å². The highest BCUT2D eigenvalue weighted by atomic mass is 16.2. The maximum Gasteiger partial charge on any atom is 0.295 e. The summed E-state index contributed by atoms with van der Waals surface area (Å²) in [6.45, 7) is 5.15. The molecule has 0 spiro atoms. The fourth-order valence-corrected chi connectivity index (χ4v) is 4.26. The van der Waals surface area contributed by atoms with Crippen LogP contribution in [0.25, 0.3) is 0 Å². The zero-order valence-corrected chi connectivity index (χ0v) is 17.3. The van der Waals surface area contributed by atoms with Gasteiger partial charge in [-0.25, -0.2) is 0 Å². The number of benzene rings is 2.